The van der Waals surface area contributed by atoms with Crippen LogP contribution in [0.5, 0.6) is 0 Å². The van der Waals surface area contributed by atoms with Gasteiger partial charge in [0.1, 0.15) is 11.5 Å². The van der Waals surface area contributed by atoms with E-state index in [1.807, 2.05) is 0 Å². The highest BCUT2D eigenvalue weighted by Gasteiger charge is 2.54. The van der Waals surface area contributed by atoms with Crippen molar-refractivity contribution in [2.24, 2.45) is 5.41 Å². The van der Waals surface area contributed by atoms with Crippen LogP contribution in [0.1, 0.15) is 24.5 Å². The Morgan fingerprint density at radius 2 is 1.29 bits per heavy atom. The molecule has 2 rings (SSSR count). The minimum atomic E-state index is -6.19. The maximum absolute atomic E-state index is 12.8. The smallest absolute Gasteiger partial charge is 0.380 e. The molecule has 0 saturated carbocycles. The Morgan fingerprint density at radius 1 is 0.871 bits per heavy atom. The number of allylic oxidation sites excluding steroid dienone is 2. The molecule has 31 heavy (non-hydrogen) atoms. The molecule has 0 aromatic heterocycles. The molecule has 14 heteroatoms. The highest BCUT2D eigenvalue weighted by Crippen LogP contribution is 2.46. The standard InChI is InChI=1S/C17H16F6O6S2/c1-11-6-3-4-7-12(11)10-15(2)13(28-30(24,25)16(18,19)20)8-5-9-14(15)29-31(26,27)17(21,22)23/h3-4,6-9H,5,10H2,1-2H3. The average Bonchev–Trinajstić information content (AvgIpc) is 2.58. The van der Waals surface area contributed by atoms with Crippen LogP contribution < -0.4 is 0 Å². The van der Waals surface area contributed by atoms with Crippen LogP contribution in [0.3, 0.4) is 0 Å². The van der Waals surface area contributed by atoms with Gasteiger partial charge in [0, 0.05) is 0 Å². The summed E-state index contributed by atoms with van der Waals surface area (Å²) in [4.78, 5) is 0. The molecular formula is C17H16F6O6S2. The normalized spacial score (nSPS) is 17.5. The molecule has 1 aliphatic carbocycles. The first-order chi connectivity index (χ1) is 13.9. The molecule has 1 aromatic carbocycles. The molecule has 0 saturated heterocycles. The van der Waals surface area contributed by atoms with E-state index in [0.29, 0.717) is 11.1 Å². The summed E-state index contributed by atoms with van der Waals surface area (Å²) in [6.45, 7) is 2.61. The van der Waals surface area contributed by atoms with Crippen molar-refractivity contribution in [3.63, 3.8) is 0 Å². The largest absolute Gasteiger partial charge is 0.534 e. The van der Waals surface area contributed by atoms with Gasteiger partial charge >= 0.3 is 31.3 Å². The van der Waals surface area contributed by atoms with Crippen molar-refractivity contribution in [3.8, 4) is 0 Å². The molecule has 0 radical (unpaired) electrons. The molecule has 0 spiro atoms. The van der Waals surface area contributed by atoms with Gasteiger partial charge in [0.05, 0.1) is 5.41 Å². The second kappa shape index (κ2) is 8.04. The first-order valence-corrected chi connectivity index (χ1v) is 11.2. The Hall–Kier alpha value is -2.22. The van der Waals surface area contributed by atoms with Crippen LogP contribution >= 0.6 is 0 Å². The lowest BCUT2D eigenvalue weighted by Crippen LogP contribution is -2.36. The summed E-state index contributed by atoms with van der Waals surface area (Å²) in [5, 5.41) is 0. The number of hydrogen-bond donors (Lipinski definition) is 0. The molecule has 1 aliphatic rings. The van der Waals surface area contributed by atoms with Crippen molar-refractivity contribution >= 4 is 20.2 Å². The van der Waals surface area contributed by atoms with E-state index in [0.717, 1.165) is 19.1 Å². The van der Waals surface area contributed by atoms with Crippen molar-refractivity contribution in [1.82, 2.24) is 0 Å². The number of alkyl halides is 6. The molecule has 0 atom stereocenters. The molecule has 0 bridgehead atoms. The van der Waals surface area contributed by atoms with E-state index in [-0.39, 0.29) is 0 Å². The zero-order chi connectivity index (χ0) is 23.9. The number of aryl methyl sites for hydroxylation is 1. The predicted octanol–water partition coefficient (Wildman–Crippen LogP) is 4.45. The van der Waals surface area contributed by atoms with Crippen LogP contribution in [0.25, 0.3) is 0 Å². The fraction of sp³-hybridized carbons (Fsp3) is 0.412. The topological polar surface area (TPSA) is 86.7 Å². The number of hydrogen-bond acceptors (Lipinski definition) is 6. The first kappa shape index (κ1) is 25.0. The van der Waals surface area contributed by atoms with Gasteiger partial charge in [0.25, 0.3) is 0 Å². The Kier molecular flexibility index (Phi) is 6.50. The highest BCUT2D eigenvalue weighted by atomic mass is 32.2. The minimum absolute atomic E-state index is 0.379. The molecule has 0 heterocycles. The third-order valence-corrected chi connectivity index (χ3v) is 6.40. The Morgan fingerprint density at radius 3 is 1.68 bits per heavy atom. The van der Waals surface area contributed by atoms with Crippen molar-refractivity contribution < 1.29 is 51.5 Å². The summed E-state index contributed by atoms with van der Waals surface area (Å²) in [6, 6.07) is 6.22. The second-order valence-electron chi connectivity index (χ2n) is 6.77. The quantitative estimate of drug-likeness (QED) is 0.330. The van der Waals surface area contributed by atoms with Gasteiger partial charge in [0.2, 0.25) is 0 Å². The average molecular weight is 494 g/mol. The van der Waals surface area contributed by atoms with Crippen molar-refractivity contribution in [3.05, 3.63) is 59.1 Å². The zero-order valence-corrected chi connectivity index (χ0v) is 17.5. The van der Waals surface area contributed by atoms with E-state index in [2.05, 4.69) is 8.37 Å². The van der Waals surface area contributed by atoms with E-state index in [1.54, 1.807) is 19.1 Å². The lowest BCUT2D eigenvalue weighted by molar-refractivity contribution is -0.0546. The number of rotatable bonds is 6. The summed E-state index contributed by atoms with van der Waals surface area (Å²) < 4.78 is 132. The van der Waals surface area contributed by atoms with Gasteiger partial charge in [0.15, 0.2) is 0 Å². The van der Waals surface area contributed by atoms with Gasteiger partial charge in [-0.05, 0) is 50.0 Å². The molecule has 6 nitrogen and oxygen atoms in total. The van der Waals surface area contributed by atoms with Gasteiger partial charge in [-0.3, -0.25) is 0 Å². The van der Waals surface area contributed by atoms with E-state index >= 15 is 0 Å². The van der Waals surface area contributed by atoms with Gasteiger partial charge in [-0.2, -0.15) is 43.2 Å². The zero-order valence-electron chi connectivity index (χ0n) is 15.9. The van der Waals surface area contributed by atoms with Crippen LogP contribution in [0.15, 0.2) is 47.9 Å². The maximum atomic E-state index is 12.8. The Labute approximate surface area is 174 Å². The van der Waals surface area contributed by atoms with Gasteiger partial charge < -0.3 is 8.37 Å². The molecule has 0 unspecified atom stereocenters. The van der Waals surface area contributed by atoms with Crippen molar-refractivity contribution in [1.29, 1.82) is 0 Å². The summed E-state index contributed by atoms with van der Waals surface area (Å²) in [6.07, 6.45) is 0.941. The Balaban J connectivity index is 2.58. The fourth-order valence-electron chi connectivity index (χ4n) is 2.79. The van der Waals surface area contributed by atoms with Crippen LogP contribution in [0.4, 0.5) is 26.3 Å². The molecule has 0 fully saturated rings. The van der Waals surface area contributed by atoms with Crippen LogP contribution in [0.2, 0.25) is 0 Å². The van der Waals surface area contributed by atoms with Gasteiger partial charge in [-0.15, -0.1) is 0 Å². The van der Waals surface area contributed by atoms with E-state index in [4.69, 9.17) is 0 Å². The van der Waals surface area contributed by atoms with E-state index in [1.165, 1.54) is 12.1 Å². The second-order valence-corrected chi connectivity index (χ2v) is 9.85. The molecule has 174 valence electrons. The number of halogens is 6. The third kappa shape index (κ3) is 5.17. The lowest BCUT2D eigenvalue weighted by Gasteiger charge is -2.35. The van der Waals surface area contributed by atoms with E-state index in [9.17, 15) is 43.2 Å². The summed E-state index contributed by atoms with van der Waals surface area (Å²) >= 11 is 0. The molecule has 0 N–H and O–H groups in total. The maximum Gasteiger partial charge on any atom is 0.534 e. The van der Waals surface area contributed by atoms with Crippen molar-refractivity contribution in [2.45, 2.75) is 37.7 Å². The summed E-state index contributed by atoms with van der Waals surface area (Å²) in [5.41, 5.74) is -12.8. The summed E-state index contributed by atoms with van der Waals surface area (Å²) in [5.74, 6) is -1.83. The summed E-state index contributed by atoms with van der Waals surface area (Å²) in [7, 11) is -12.4. The molecule has 0 aliphatic heterocycles. The lowest BCUT2D eigenvalue weighted by atomic mass is 9.76. The molecule has 0 amide bonds. The van der Waals surface area contributed by atoms with Crippen molar-refractivity contribution in [2.75, 3.05) is 0 Å². The van der Waals surface area contributed by atoms with E-state index < -0.39 is 61.0 Å². The highest BCUT2D eigenvalue weighted by molar-refractivity contribution is 7.88. The van der Waals surface area contributed by atoms with Crippen LogP contribution in [0, 0.1) is 12.3 Å². The first-order valence-electron chi connectivity index (χ1n) is 8.38. The number of benzene rings is 1. The monoisotopic (exact) mass is 494 g/mol. The van der Waals surface area contributed by atoms with Gasteiger partial charge in [-0.25, -0.2) is 0 Å². The third-order valence-electron chi connectivity index (χ3n) is 4.47. The molecule has 1 aromatic rings. The minimum Gasteiger partial charge on any atom is -0.380 e. The molecular weight excluding hydrogens is 478 g/mol. The van der Waals surface area contributed by atoms with Crippen LogP contribution in [-0.4, -0.2) is 27.9 Å². The predicted molar refractivity (Wildman–Crippen MR) is 95.9 cm³/mol. The SMILES string of the molecule is Cc1ccccc1CC1(C)C(OS(=O)(=O)C(F)(F)F)=CCC=C1OS(=O)(=O)C(F)(F)F. The fourth-order valence-corrected chi connectivity index (χ4v) is 3.96. The Bertz CT molecular complexity index is 1050. The van der Waals surface area contributed by atoms with Gasteiger partial charge in [-0.1, -0.05) is 24.3 Å². The van der Waals surface area contributed by atoms with Crippen LogP contribution in [-0.2, 0) is 35.0 Å².